The molecule has 0 saturated carbocycles. The standard InChI is InChI=1S/C8H16S/c1-2-3-4-8-5-6-9-7-8/h8H,2-7H2,1H3. The van der Waals surface area contributed by atoms with Crippen LogP contribution in [0.25, 0.3) is 0 Å². The highest BCUT2D eigenvalue weighted by Crippen LogP contribution is 2.27. The first-order chi connectivity index (χ1) is 4.43. The van der Waals surface area contributed by atoms with Crippen LogP contribution in [0.1, 0.15) is 32.6 Å². The zero-order chi connectivity index (χ0) is 6.53. The van der Waals surface area contributed by atoms with Crippen LogP contribution in [0.15, 0.2) is 0 Å². The lowest BCUT2D eigenvalue weighted by Crippen LogP contribution is -1.96. The molecular formula is C8H16S. The van der Waals surface area contributed by atoms with Gasteiger partial charge in [0, 0.05) is 0 Å². The molecule has 1 aliphatic rings. The van der Waals surface area contributed by atoms with Crippen molar-refractivity contribution in [1.29, 1.82) is 0 Å². The summed E-state index contributed by atoms with van der Waals surface area (Å²) >= 11 is 2.13. The van der Waals surface area contributed by atoms with E-state index >= 15 is 0 Å². The molecule has 1 saturated heterocycles. The third-order valence-corrected chi connectivity index (χ3v) is 3.22. The Kier molecular flexibility index (Phi) is 3.49. The predicted octanol–water partition coefficient (Wildman–Crippen LogP) is 2.93. The molecule has 54 valence electrons. The summed E-state index contributed by atoms with van der Waals surface area (Å²) < 4.78 is 0. The van der Waals surface area contributed by atoms with Gasteiger partial charge in [-0.2, -0.15) is 11.8 Å². The van der Waals surface area contributed by atoms with Gasteiger partial charge in [0.05, 0.1) is 0 Å². The van der Waals surface area contributed by atoms with Gasteiger partial charge >= 0.3 is 0 Å². The summed E-state index contributed by atoms with van der Waals surface area (Å²) in [6.45, 7) is 2.28. The second kappa shape index (κ2) is 4.21. The largest absolute Gasteiger partial charge is 0.162 e. The van der Waals surface area contributed by atoms with Crippen LogP contribution in [-0.2, 0) is 0 Å². The fraction of sp³-hybridized carbons (Fsp3) is 1.00. The molecule has 0 bridgehead atoms. The third kappa shape index (κ3) is 2.61. The Bertz CT molecular complexity index is 65.0. The molecule has 1 unspecified atom stereocenters. The fourth-order valence-corrected chi connectivity index (χ4v) is 2.64. The van der Waals surface area contributed by atoms with Crippen LogP contribution in [0.5, 0.6) is 0 Å². The van der Waals surface area contributed by atoms with Crippen molar-refractivity contribution >= 4 is 11.8 Å². The topological polar surface area (TPSA) is 0 Å². The summed E-state index contributed by atoms with van der Waals surface area (Å²) in [6.07, 6.45) is 5.81. The van der Waals surface area contributed by atoms with E-state index in [0.717, 1.165) is 5.92 Å². The van der Waals surface area contributed by atoms with Gasteiger partial charge in [-0.3, -0.25) is 0 Å². The van der Waals surface area contributed by atoms with Crippen molar-refractivity contribution in [2.45, 2.75) is 32.6 Å². The number of unbranched alkanes of at least 4 members (excludes halogenated alkanes) is 1. The maximum Gasteiger partial charge on any atom is -0.00388 e. The minimum Gasteiger partial charge on any atom is -0.162 e. The SMILES string of the molecule is CCCCC1CCSC1. The zero-order valence-corrected chi connectivity index (χ0v) is 7.04. The van der Waals surface area contributed by atoms with E-state index in [4.69, 9.17) is 0 Å². The summed E-state index contributed by atoms with van der Waals surface area (Å²) in [5.74, 6) is 3.95. The molecule has 0 radical (unpaired) electrons. The molecule has 0 aromatic rings. The van der Waals surface area contributed by atoms with Crippen molar-refractivity contribution in [3.8, 4) is 0 Å². The molecule has 1 rings (SSSR count). The van der Waals surface area contributed by atoms with E-state index in [0.29, 0.717) is 0 Å². The summed E-state index contributed by atoms with van der Waals surface area (Å²) in [5.41, 5.74) is 0. The Labute approximate surface area is 62.4 Å². The van der Waals surface area contributed by atoms with Crippen LogP contribution >= 0.6 is 11.8 Å². The minimum atomic E-state index is 1.08. The first-order valence-corrected chi connectivity index (χ1v) is 5.16. The summed E-state index contributed by atoms with van der Waals surface area (Å²) in [6, 6.07) is 0. The van der Waals surface area contributed by atoms with E-state index in [9.17, 15) is 0 Å². The van der Waals surface area contributed by atoms with Gasteiger partial charge in [-0.25, -0.2) is 0 Å². The lowest BCUT2D eigenvalue weighted by Gasteiger charge is -2.04. The Morgan fingerprint density at radius 2 is 2.44 bits per heavy atom. The molecule has 1 aliphatic heterocycles. The molecule has 0 aromatic carbocycles. The molecule has 1 heteroatoms. The highest BCUT2D eigenvalue weighted by Gasteiger charge is 2.13. The van der Waals surface area contributed by atoms with Crippen LogP contribution in [0.3, 0.4) is 0 Å². The molecule has 0 aromatic heterocycles. The quantitative estimate of drug-likeness (QED) is 0.587. The van der Waals surface area contributed by atoms with Gasteiger partial charge in [-0.15, -0.1) is 0 Å². The van der Waals surface area contributed by atoms with Crippen LogP contribution < -0.4 is 0 Å². The molecule has 0 aliphatic carbocycles. The van der Waals surface area contributed by atoms with E-state index in [-0.39, 0.29) is 0 Å². The number of thioether (sulfide) groups is 1. The summed E-state index contributed by atoms with van der Waals surface area (Å²) in [5, 5.41) is 0. The van der Waals surface area contributed by atoms with Gasteiger partial charge in [-0.1, -0.05) is 19.8 Å². The van der Waals surface area contributed by atoms with Crippen molar-refractivity contribution in [2.75, 3.05) is 11.5 Å². The normalized spacial score (nSPS) is 27.0. The smallest absolute Gasteiger partial charge is 0.00388 e. The molecule has 9 heavy (non-hydrogen) atoms. The Morgan fingerprint density at radius 1 is 1.56 bits per heavy atom. The van der Waals surface area contributed by atoms with Gasteiger partial charge in [0.2, 0.25) is 0 Å². The highest BCUT2D eigenvalue weighted by atomic mass is 32.2. The van der Waals surface area contributed by atoms with E-state index in [2.05, 4.69) is 18.7 Å². The summed E-state index contributed by atoms with van der Waals surface area (Å²) in [4.78, 5) is 0. The first kappa shape index (κ1) is 7.46. The summed E-state index contributed by atoms with van der Waals surface area (Å²) in [7, 11) is 0. The average Bonchev–Trinajstić information content (AvgIpc) is 2.34. The second-order valence-corrected chi connectivity index (χ2v) is 4.02. The Balaban J connectivity index is 1.98. The van der Waals surface area contributed by atoms with E-state index < -0.39 is 0 Å². The first-order valence-electron chi connectivity index (χ1n) is 4.01. The van der Waals surface area contributed by atoms with Gasteiger partial charge < -0.3 is 0 Å². The molecule has 0 spiro atoms. The lowest BCUT2D eigenvalue weighted by atomic mass is 10.0. The van der Waals surface area contributed by atoms with Crippen molar-refractivity contribution in [2.24, 2.45) is 5.92 Å². The molecular weight excluding hydrogens is 128 g/mol. The van der Waals surface area contributed by atoms with Gasteiger partial charge in [0.25, 0.3) is 0 Å². The predicted molar refractivity (Wildman–Crippen MR) is 45.0 cm³/mol. The van der Waals surface area contributed by atoms with E-state index in [1.54, 1.807) is 0 Å². The van der Waals surface area contributed by atoms with Crippen LogP contribution in [0, 0.1) is 5.92 Å². The van der Waals surface area contributed by atoms with E-state index in [1.807, 2.05) is 0 Å². The maximum atomic E-state index is 2.28. The van der Waals surface area contributed by atoms with Crippen molar-refractivity contribution in [3.05, 3.63) is 0 Å². The van der Waals surface area contributed by atoms with Crippen LogP contribution in [-0.4, -0.2) is 11.5 Å². The van der Waals surface area contributed by atoms with Crippen LogP contribution in [0.2, 0.25) is 0 Å². The van der Waals surface area contributed by atoms with Crippen molar-refractivity contribution in [1.82, 2.24) is 0 Å². The number of hydrogen-bond acceptors (Lipinski definition) is 1. The Hall–Kier alpha value is 0.350. The maximum absolute atomic E-state index is 2.28. The van der Waals surface area contributed by atoms with Gasteiger partial charge in [-0.05, 0) is 30.3 Å². The molecule has 0 nitrogen and oxygen atoms in total. The zero-order valence-electron chi connectivity index (χ0n) is 6.23. The van der Waals surface area contributed by atoms with Crippen LogP contribution in [0.4, 0.5) is 0 Å². The lowest BCUT2D eigenvalue weighted by molar-refractivity contribution is 0.517. The van der Waals surface area contributed by atoms with Gasteiger partial charge in [0.1, 0.15) is 0 Å². The molecule has 1 fully saturated rings. The second-order valence-electron chi connectivity index (χ2n) is 2.87. The monoisotopic (exact) mass is 144 g/mol. The van der Waals surface area contributed by atoms with Gasteiger partial charge in [0.15, 0.2) is 0 Å². The van der Waals surface area contributed by atoms with E-state index in [1.165, 1.54) is 37.2 Å². The Morgan fingerprint density at radius 3 is 3.00 bits per heavy atom. The average molecular weight is 144 g/mol. The fourth-order valence-electron chi connectivity index (χ4n) is 1.30. The van der Waals surface area contributed by atoms with Crippen molar-refractivity contribution in [3.63, 3.8) is 0 Å². The molecule has 1 atom stereocenters. The molecule has 1 heterocycles. The number of hydrogen-bond donors (Lipinski definition) is 0. The highest BCUT2D eigenvalue weighted by molar-refractivity contribution is 7.99. The third-order valence-electron chi connectivity index (χ3n) is 1.99. The minimum absolute atomic E-state index is 1.08. The molecule has 0 N–H and O–H groups in total. The van der Waals surface area contributed by atoms with Crippen molar-refractivity contribution < 1.29 is 0 Å². The molecule has 0 amide bonds. The number of rotatable bonds is 3.